The van der Waals surface area contributed by atoms with E-state index in [0.717, 1.165) is 25.1 Å². The highest BCUT2D eigenvalue weighted by atomic mass is 32.2. The van der Waals surface area contributed by atoms with Crippen molar-refractivity contribution in [3.05, 3.63) is 24.0 Å². The summed E-state index contributed by atoms with van der Waals surface area (Å²) in [4.78, 5) is 4.05. The summed E-state index contributed by atoms with van der Waals surface area (Å²) in [5.74, 6) is 0. The van der Waals surface area contributed by atoms with Crippen molar-refractivity contribution in [2.75, 3.05) is 18.1 Å². The van der Waals surface area contributed by atoms with E-state index in [9.17, 15) is 0 Å². The van der Waals surface area contributed by atoms with Crippen molar-refractivity contribution >= 4 is 17.4 Å². The minimum Gasteiger partial charge on any atom is -0.381 e. The highest BCUT2D eigenvalue weighted by Gasteiger charge is 2.24. The second-order valence-electron chi connectivity index (χ2n) is 3.98. The van der Waals surface area contributed by atoms with Crippen molar-refractivity contribution in [3.63, 3.8) is 0 Å². The molecule has 0 atom stereocenters. The summed E-state index contributed by atoms with van der Waals surface area (Å²) in [6, 6.07) is 3.91. The van der Waals surface area contributed by atoms with Crippen molar-refractivity contribution < 1.29 is 0 Å². The van der Waals surface area contributed by atoms with Gasteiger partial charge in [0.05, 0.1) is 17.4 Å². The van der Waals surface area contributed by atoms with Crippen LogP contribution >= 0.6 is 11.8 Å². The van der Waals surface area contributed by atoms with Gasteiger partial charge in [-0.05, 0) is 25.2 Å². The molecule has 0 saturated heterocycles. The van der Waals surface area contributed by atoms with E-state index < -0.39 is 0 Å². The molecular formula is C13H19N3S. The molecule has 1 rings (SSSR count). The highest BCUT2D eigenvalue weighted by Crippen LogP contribution is 2.30. The molecule has 17 heavy (non-hydrogen) atoms. The fourth-order valence-electron chi connectivity index (χ4n) is 1.75. The Morgan fingerprint density at radius 1 is 1.47 bits per heavy atom. The lowest BCUT2D eigenvalue weighted by molar-refractivity contribution is 0.574. The molecule has 1 N–H and O–H groups in total. The molecule has 0 spiro atoms. The minimum absolute atomic E-state index is 0.239. The first kappa shape index (κ1) is 13.9. The van der Waals surface area contributed by atoms with Gasteiger partial charge >= 0.3 is 0 Å². The molecule has 0 aliphatic carbocycles. The van der Waals surface area contributed by atoms with Crippen LogP contribution in [0.15, 0.2) is 18.5 Å². The Balaban J connectivity index is 2.76. The summed E-state index contributed by atoms with van der Waals surface area (Å²) < 4.78 is 0.239. The molecule has 0 radical (unpaired) electrons. The van der Waals surface area contributed by atoms with E-state index in [1.165, 1.54) is 0 Å². The number of hydrogen-bond donors (Lipinski definition) is 1. The summed E-state index contributed by atoms with van der Waals surface area (Å²) in [7, 11) is 0. The van der Waals surface area contributed by atoms with E-state index in [1.807, 2.05) is 11.8 Å². The van der Waals surface area contributed by atoms with Gasteiger partial charge in [-0.15, -0.1) is 0 Å². The Morgan fingerprint density at radius 3 is 2.71 bits per heavy atom. The van der Waals surface area contributed by atoms with E-state index in [2.05, 4.69) is 36.5 Å². The number of hydrogen-bond acceptors (Lipinski definition) is 4. The zero-order valence-electron chi connectivity index (χ0n) is 10.7. The van der Waals surface area contributed by atoms with Crippen LogP contribution in [0.2, 0.25) is 0 Å². The van der Waals surface area contributed by atoms with Gasteiger partial charge in [0, 0.05) is 17.5 Å². The lowest BCUT2D eigenvalue weighted by atomic mass is 10.0. The van der Waals surface area contributed by atoms with Gasteiger partial charge in [-0.25, -0.2) is 0 Å². The molecule has 0 unspecified atom stereocenters. The quantitative estimate of drug-likeness (QED) is 0.840. The number of thioether (sulfide) groups is 1. The normalized spacial score (nSPS) is 10.9. The second kappa shape index (κ2) is 6.51. The molecule has 1 aromatic rings. The smallest absolute Gasteiger partial charge is 0.101 e. The van der Waals surface area contributed by atoms with Crippen molar-refractivity contribution in [1.29, 1.82) is 5.26 Å². The molecule has 0 saturated carbocycles. The maximum Gasteiger partial charge on any atom is 0.101 e. The monoisotopic (exact) mass is 249 g/mol. The zero-order chi connectivity index (χ0) is 12.7. The summed E-state index contributed by atoms with van der Waals surface area (Å²) in [5, 5.41) is 12.3. The SMILES string of the molecule is CCC(CC)(CNc1cnccc1C#N)SC. The van der Waals surface area contributed by atoms with Crippen LogP contribution in [-0.2, 0) is 0 Å². The first-order chi connectivity index (χ1) is 8.21. The predicted octanol–water partition coefficient (Wildman–Crippen LogP) is 3.29. The molecule has 3 nitrogen and oxygen atoms in total. The Labute approximate surface area is 108 Å². The number of nitriles is 1. The molecule has 0 fully saturated rings. The molecule has 4 heteroatoms. The molecule has 0 aliphatic heterocycles. The minimum atomic E-state index is 0.239. The highest BCUT2D eigenvalue weighted by molar-refractivity contribution is 8.00. The van der Waals surface area contributed by atoms with E-state index in [0.29, 0.717) is 5.56 Å². The molecule has 0 bridgehead atoms. The van der Waals surface area contributed by atoms with Crippen LogP contribution in [0.3, 0.4) is 0 Å². The molecule has 92 valence electrons. The standard InChI is InChI=1S/C13H19N3S/c1-4-13(5-2,17-3)10-16-12-9-15-7-6-11(12)8-14/h6-7,9,16H,4-5,10H2,1-3H3. The van der Waals surface area contributed by atoms with E-state index >= 15 is 0 Å². The van der Waals surface area contributed by atoms with Gasteiger partial charge in [-0.3, -0.25) is 4.98 Å². The first-order valence-electron chi connectivity index (χ1n) is 5.84. The van der Waals surface area contributed by atoms with Crippen molar-refractivity contribution in [2.45, 2.75) is 31.4 Å². The Bertz CT molecular complexity index is 386. The molecule has 0 amide bonds. The van der Waals surface area contributed by atoms with Gasteiger partial charge in [0.2, 0.25) is 0 Å². The largest absolute Gasteiger partial charge is 0.381 e. The van der Waals surface area contributed by atoms with Crippen LogP contribution in [0.4, 0.5) is 5.69 Å². The molecular weight excluding hydrogens is 230 g/mol. The van der Waals surface area contributed by atoms with E-state index in [-0.39, 0.29) is 4.75 Å². The molecule has 0 aliphatic rings. The number of rotatable bonds is 6. The van der Waals surface area contributed by atoms with Crippen molar-refractivity contribution in [1.82, 2.24) is 4.98 Å². The third-order valence-electron chi connectivity index (χ3n) is 3.26. The third kappa shape index (κ3) is 3.37. The maximum atomic E-state index is 9.00. The van der Waals surface area contributed by atoms with Gasteiger partial charge in [-0.1, -0.05) is 13.8 Å². The van der Waals surface area contributed by atoms with Crippen LogP contribution in [-0.4, -0.2) is 22.5 Å². The fourth-order valence-corrected chi connectivity index (χ4v) is 2.54. The van der Waals surface area contributed by atoms with Crippen molar-refractivity contribution in [3.8, 4) is 6.07 Å². The summed E-state index contributed by atoms with van der Waals surface area (Å²) in [5.41, 5.74) is 1.48. The Hall–Kier alpha value is -1.21. The number of nitrogens with zero attached hydrogens (tertiary/aromatic N) is 2. The van der Waals surface area contributed by atoms with Crippen LogP contribution in [0.1, 0.15) is 32.3 Å². The van der Waals surface area contributed by atoms with Crippen molar-refractivity contribution in [2.24, 2.45) is 0 Å². The number of aromatic nitrogens is 1. The number of pyridine rings is 1. The summed E-state index contributed by atoms with van der Waals surface area (Å²) in [6.45, 7) is 5.27. The second-order valence-corrected chi connectivity index (χ2v) is 5.26. The van der Waals surface area contributed by atoms with Gasteiger partial charge in [0.15, 0.2) is 0 Å². The lowest BCUT2D eigenvalue weighted by Gasteiger charge is -2.30. The van der Waals surface area contributed by atoms with Gasteiger partial charge in [0.1, 0.15) is 6.07 Å². The maximum absolute atomic E-state index is 9.00. The third-order valence-corrected chi connectivity index (χ3v) is 4.85. The molecule has 1 heterocycles. The van der Waals surface area contributed by atoms with Crippen LogP contribution < -0.4 is 5.32 Å². The molecule has 0 aromatic carbocycles. The zero-order valence-corrected chi connectivity index (χ0v) is 11.5. The summed E-state index contributed by atoms with van der Waals surface area (Å²) >= 11 is 1.88. The average molecular weight is 249 g/mol. The van der Waals surface area contributed by atoms with E-state index in [1.54, 1.807) is 18.5 Å². The number of anilines is 1. The fraction of sp³-hybridized carbons (Fsp3) is 0.538. The number of nitrogens with one attached hydrogen (secondary N) is 1. The van der Waals surface area contributed by atoms with Gasteiger partial charge < -0.3 is 5.32 Å². The topological polar surface area (TPSA) is 48.7 Å². The van der Waals surface area contributed by atoms with Gasteiger partial charge in [-0.2, -0.15) is 17.0 Å². The Morgan fingerprint density at radius 2 is 2.18 bits per heavy atom. The van der Waals surface area contributed by atoms with Crippen LogP contribution in [0, 0.1) is 11.3 Å². The lowest BCUT2D eigenvalue weighted by Crippen LogP contribution is -2.32. The van der Waals surface area contributed by atoms with E-state index in [4.69, 9.17) is 5.26 Å². The first-order valence-corrected chi connectivity index (χ1v) is 7.07. The van der Waals surface area contributed by atoms with Crippen LogP contribution in [0.25, 0.3) is 0 Å². The average Bonchev–Trinajstić information content (AvgIpc) is 2.41. The van der Waals surface area contributed by atoms with Gasteiger partial charge in [0.25, 0.3) is 0 Å². The molecule has 1 aromatic heterocycles. The van der Waals surface area contributed by atoms with Crippen LogP contribution in [0.5, 0.6) is 0 Å². The predicted molar refractivity (Wildman–Crippen MR) is 74.3 cm³/mol. The Kier molecular flexibility index (Phi) is 5.30. The summed E-state index contributed by atoms with van der Waals surface area (Å²) in [6.07, 6.45) is 7.73.